The Kier molecular flexibility index (Phi) is 6.40. The van der Waals surface area contributed by atoms with E-state index < -0.39 is 0 Å². The summed E-state index contributed by atoms with van der Waals surface area (Å²) >= 11 is 1.56. The quantitative estimate of drug-likeness (QED) is 0.582. The highest BCUT2D eigenvalue weighted by molar-refractivity contribution is 7.11. The van der Waals surface area contributed by atoms with Gasteiger partial charge in [-0.2, -0.15) is 0 Å². The van der Waals surface area contributed by atoms with Gasteiger partial charge in [-0.05, 0) is 38.3 Å². The van der Waals surface area contributed by atoms with Gasteiger partial charge in [0.15, 0.2) is 0 Å². The van der Waals surface area contributed by atoms with Crippen LogP contribution in [-0.2, 0) is 20.9 Å². The lowest BCUT2D eigenvalue weighted by atomic mass is 9.97. The van der Waals surface area contributed by atoms with E-state index in [1.165, 1.54) is 0 Å². The second-order valence-corrected chi connectivity index (χ2v) is 7.98. The number of rotatable bonds is 5. The van der Waals surface area contributed by atoms with Crippen LogP contribution in [0.5, 0.6) is 0 Å². The number of likely N-dealkylation sites (tertiary alicyclic amines) is 1. The largest absolute Gasteiger partial charge is 0.460 e. The van der Waals surface area contributed by atoms with Crippen LogP contribution in [0.4, 0.5) is 0 Å². The Morgan fingerprint density at radius 1 is 1.22 bits per heavy atom. The third-order valence-electron chi connectivity index (χ3n) is 4.70. The van der Waals surface area contributed by atoms with Gasteiger partial charge in [0.1, 0.15) is 6.61 Å². The molecule has 0 bridgehead atoms. The van der Waals surface area contributed by atoms with Gasteiger partial charge in [-0.1, -0.05) is 30.3 Å². The third-order valence-corrected chi connectivity index (χ3v) is 5.75. The van der Waals surface area contributed by atoms with Gasteiger partial charge in [-0.25, -0.2) is 4.98 Å². The molecular formula is C21H24N2O3S. The predicted molar refractivity (Wildman–Crippen MR) is 106 cm³/mol. The van der Waals surface area contributed by atoms with Crippen molar-refractivity contribution in [3.8, 4) is 0 Å². The van der Waals surface area contributed by atoms with Crippen LogP contribution in [0.3, 0.4) is 0 Å². The van der Waals surface area contributed by atoms with Gasteiger partial charge in [0.25, 0.3) is 0 Å². The molecule has 5 nitrogen and oxygen atoms in total. The van der Waals surface area contributed by atoms with Gasteiger partial charge in [-0.3, -0.25) is 9.59 Å². The molecule has 3 rings (SSSR count). The van der Waals surface area contributed by atoms with Crippen molar-refractivity contribution in [2.45, 2.75) is 33.3 Å². The van der Waals surface area contributed by atoms with E-state index in [0.717, 1.165) is 21.1 Å². The molecule has 6 heteroatoms. The van der Waals surface area contributed by atoms with E-state index in [4.69, 9.17) is 4.74 Å². The first-order valence-electron chi connectivity index (χ1n) is 9.14. The topological polar surface area (TPSA) is 59.5 Å². The van der Waals surface area contributed by atoms with Gasteiger partial charge < -0.3 is 9.64 Å². The minimum absolute atomic E-state index is 0.0126. The molecule has 1 saturated heterocycles. The number of ether oxygens (including phenoxy) is 1. The van der Waals surface area contributed by atoms with Crippen molar-refractivity contribution in [3.63, 3.8) is 0 Å². The van der Waals surface area contributed by atoms with Crippen molar-refractivity contribution in [3.05, 3.63) is 57.6 Å². The molecule has 0 spiro atoms. The Balaban J connectivity index is 1.45. The summed E-state index contributed by atoms with van der Waals surface area (Å²) in [5.41, 5.74) is 1.92. The summed E-state index contributed by atoms with van der Waals surface area (Å²) in [6, 6.07) is 9.74. The summed E-state index contributed by atoms with van der Waals surface area (Å²) in [5, 5.41) is 0.980. The SMILES string of the molecule is Cc1nc(C)c(COC(=O)C2CCN(C(=O)/C=C\c3ccccc3)CC2)s1. The monoisotopic (exact) mass is 384 g/mol. The molecule has 0 aliphatic carbocycles. The Morgan fingerprint density at radius 3 is 2.56 bits per heavy atom. The number of amides is 1. The highest BCUT2D eigenvalue weighted by atomic mass is 32.1. The lowest BCUT2D eigenvalue weighted by molar-refractivity contribution is -0.152. The van der Waals surface area contributed by atoms with Crippen LogP contribution in [0.25, 0.3) is 6.08 Å². The molecule has 0 unspecified atom stereocenters. The Bertz CT molecular complexity index is 821. The number of thiazole rings is 1. The standard InChI is InChI=1S/C21H24N2O3S/c1-15-19(27-16(2)22-15)14-26-21(25)18-10-12-23(13-11-18)20(24)9-8-17-6-4-3-5-7-17/h3-9,18H,10-14H2,1-2H3/b9-8-. The highest BCUT2D eigenvalue weighted by Crippen LogP contribution is 2.22. The van der Waals surface area contributed by atoms with E-state index >= 15 is 0 Å². The summed E-state index contributed by atoms with van der Waals surface area (Å²) < 4.78 is 5.48. The fourth-order valence-corrected chi connectivity index (χ4v) is 3.98. The summed E-state index contributed by atoms with van der Waals surface area (Å²) in [6.07, 6.45) is 4.71. The van der Waals surface area contributed by atoms with Gasteiger partial charge >= 0.3 is 5.97 Å². The van der Waals surface area contributed by atoms with E-state index in [9.17, 15) is 9.59 Å². The molecule has 0 atom stereocenters. The molecule has 0 radical (unpaired) electrons. The number of hydrogen-bond acceptors (Lipinski definition) is 5. The minimum Gasteiger partial charge on any atom is -0.460 e. The average molecular weight is 385 g/mol. The zero-order valence-electron chi connectivity index (χ0n) is 15.7. The van der Waals surface area contributed by atoms with E-state index in [-0.39, 0.29) is 24.4 Å². The highest BCUT2D eigenvalue weighted by Gasteiger charge is 2.27. The maximum Gasteiger partial charge on any atom is 0.309 e. The van der Waals surface area contributed by atoms with Crippen LogP contribution in [0.15, 0.2) is 36.4 Å². The molecule has 1 aliphatic heterocycles. The number of benzene rings is 1. The first-order valence-corrected chi connectivity index (χ1v) is 9.96. The number of hydrogen-bond donors (Lipinski definition) is 0. The summed E-state index contributed by atoms with van der Waals surface area (Å²) in [4.78, 5) is 31.8. The predicted octanol–water partition coefficient (Wildman–Crippen LogP) is 3.76. The molecule has 2 aromatic rings. The zero-order valence-corrected chi connectivity index (χ0v) is 16.5. The van der Waals surface area contributed by atoms with Crippen LogP contribution >= 0.6 is 11.3 Å². The van der Waals surface area contributed by atoms with Crippen LogP contribution in [0.1, 0.15) is 34.0 Å². The summed E-state index contributed by atoms with van der Waals surface area (Å²) in [6.45, 7) is 5.32. The number of aryl methyl sites for hydroxylation is 2. The molecule has 142 valence electrons. The molecule has 2 heterocycles. The van der Waals surface area contributed by atoms with Crippen molar-refractivity contribution < 1.29 is 14.3 Å². The normalized spacial score (nSPS) is 15.3. The van der Waals surface area contributed by atoms with Crippen LogP contribution in [0.2, 0.25) is 0 Å². The number of nitrogens with zero attached hydrogens (tertiary/aromatic N) is 2. The second-order valence-electron chi connectivity index (χ2n) is 6.69. The fraction of sp³-hybridized carbons (Fsp3) is 0.381. The second kappa shape index (κ2) is 8.95. The van der Waals surface area contributed by atoms with Crippen molar-refractivity contribution >= 4 is 29.3 Å². The van der Waals surface area contributed by atoms with Gasteiger partial charge in [-0.15, -0.1) is 11.3 Å². The van der Waals surface area contributed by atoms with Crippen LogP contribution in [0, 0.1) is 19.8 Å². The molecule has 1 aromatic carbocycles. The average Bonchev–Trinajstić information content (AvgIpc) is 3.02. The van der Waals surface area contributed by atoms with Crippen LogP contribution in [-0.4, -0.2) is 34.8 Å². The molecule has 0 saturated carbocycles. The molecule has 0 N–H and O–H groups in total. The number of carbonyl (C=O) groups is 2. The molecule has 1 aliphatic rings. The zero-order chi connectivity index (χ0) is 19.2. The van der Waals surface area contributed by atoms with Gasteiger partial charge in [0, 0.05) is 19.2 Å². The Morgan fingerprint density at radius 2 is 1.93 bits per heavy atom. The lowest BCUT2D eigenvalue weighted by Gasteiger charge is -2.30. The lowest BCUT2D eigenvalue weighted by Crippen LogP contribution is -2.39. The Hall–Kier alpha value is -2.47. The van der Waals surface area contributed by atoms with E-state index in [2.05, 4.69) is 4.98 Å². The van der Waals surface area contributed by atoms with Gasteiger partial charge in [0.05, 0.1) is 21.5 Å². The summed E-state index contributed by atoms with van der Waals surface area (Å²) in [7, 11) is 0. The fourth-order valence-electron chi connectivity index (χ4n) is 3.13. The Labute approximate surface area is 163 Å². The van der Waals surface area contributed by atoms with E-state index in [1.807, 2.05) is 50.3 Å². The number of esters is 1. The van der Waals surface area contributed by atoms with E-state index in [1.54, 1.807) is 22.3 Å². The first kappa shape index (κ1) is 19.3. The van der Waals surface area contributed by atoms with E-state index in [0.29, 0.717) is 25.9 Å². The molecular weight excluding hydrogens is 360 g/mol. The maximum atomic E-state index is 12.3. The molecule has 1 fully saturated rings. The number of aromatic nitrogens is 1. The third kappa shape index (κ3) is 5.26. The molecule has 27 heavy (non-hydrogen) atoms. The smallest absolute Gasteiger partial charge is 0.309 e. The van der Waals surface area contributed by atoms with Crippen molar-refractivity contribution in [2.75, 3.05) is 13.1 Å². The van der Waals surface area contributed by atoms with Crippen molar-refractivity contribution in [2.24, 2.45) is 5.92 Å². The van der Waals surface area contributed by atoms with Crippen molar-refractivity contribution in [1.82, 2.24) is 9.88 Å². The minimum atomic E-state index is -0.174. The number of carbonyl (C=O) groups excluding carboxylic acids is 2. The molecule has 1 amide bonds. The number of piperidine rings is 1. The van der Waals surface area contributed by atoms with Crippen molar-refractivity contribution in [1.29, 1.82) is 0 Å². The maximum absolute atomic E-state index is 12.3. The first-order chi connectivity index (χ1) is 13.0. The molecule has 1 aromatic heterocycles. The summed E-state index contributed by atoms with van der Waals surface area (Å²) in [5.74, 6) is -0.324. The van der Waals surface area contributed by atoms with Gasteiger partial charge in [0.2, 0.25) is 5.91 Å². The van der Waals surface area contributed by atoms with Crippen LogP contribution < -0.4 is 0 Å².